The highest BCUT2D eigenvalue weighted by Gasteiger charge is 2.59. The summed E-state index contributed by atoms with van der Waals surface area (Å²) in [5, 5.41) is 3.42. The summed E-state index contributed by atoms with van der Waals surface area (Å²) in [6, 6.07) is 12.0. The summed E-state index contributed by atoms with van der Waals surface area (Å²) < 4.78 is 0. The molecule has 6 heteroatoms. The molecule has 3 amide bonds. The molecule has 1 N–H and O–H groups in total. The van der Waals surface area contributed by atoms with Gasteiger partial charge in [0, 0.05) is 16.3 Å². The average molecular weight is 407 g/mol. The molecule has 2 aliphatic carbocycles. The lowest BCUT2D eigenvalue weighted by atomic mass is 9.85. The Labute approximate surface area is 173 Å². The molecule has 0 aromatic heterocycles. The molecule has 5 rings (SSSR count). The van der Waals surface area contributed by atoms with Crippen LogP contribution in [0.25, 0.3) is 0 Å². The van der Waals surface area contributed by atoms with Gasteiger partial charge in [0.15, 0.2) is 0 Å². The molecule has 2 aromatic rings. The van der Waals surface area contributed by atoms with Crippen LogP contribution in [-0.4, -0.2) is 17.7 Å². The van der Waals surface area contributed by atoms with Gasteiger partial charge in [-0.05, 0) is 61.1 Å². The number of carbonyl (C=O) groups is 3. The molecular formula is C23H19ClN2O3. The third-order valence-corrected chi connectivity index (χ3v) is 6.76. The maximum atomic E-state index is 13.0. The zero-order chi connectivity index (χ0) is 20.3. The number of allylic oxidation sites excluding steroid dienone is 2. The predicted octanol–water partition coefficient (Wildman–Crippen LogP) is 4.21. The number of carbonyl (C=O) groups excluding carboxylic acids is 3. The number of rotatable bonds is 3. The van der Waals surface area contributed by atoms with Crippen LogP contribution in [-0.2, 0) is 9.59 Å². The molecule has 1 aliphatic heterocycles. The van der Waals surface area contributed by atoms with Crippen LogP contribution < -0.4 is 10.2 Å². The number of hydrogen-bond acceptors (Lipinski definition) is 3. The standard InChI is InChI=1S/C23H19ClN2O3/c1-12-17(24)6-3-7-18(12)25-21(27)15-4-2-5-16(11-15)26-22(28)19-13-8-9-14(10-13)20(19)23(26)29/h2-9,11,13-14,19-20H,10H2,1H3,(H,25,27)/t13-,14-,19-,20+/m1/s1. The molecule has 3 aliphatic rings. The normalized spacial score (nSPS) is 26.9. The Morgan fingerprint density at radius 1 is 1.03 bits per heavy atom. The monoisotopic (exact) mass is 406 g/mol. The number of nitrogens with one attached hydrogen (secondary N) is 1. The quantitative estimate of drug-likeness (QED) is 0.613. The Balaban J connectivity index is 1.42. The molecule has 29 heavy (non-hydrogen) atoms. The molecule has 1 heterocycles. The van der Waals surface area contributed by atoms with E-state index in [0.717, 1.165) is 12.0 Å². The van der Waals surface area contributed by atoms with Gasteiger partial charge in [-0.25, -0.2) is 4.90 Å². The van der Waals surface area contributed by atoms with Crippen molar-refractivity contribution in [3.8, 4) is 0 Å². The van der Waals surface area contributed by atoms with Crippen LogP contribution in [0.15, 0.2) is 54.6 Å². The predicted molar refractivity (Wildman–Crippen MR) is 111 cm³/mol. The number of anilines is 2. The van der Waals surface area contributed by atoms with Crippen LogP contribution >= 0.6 is 11.6 Å². The minimum absolute atomic E-state index is 0.153. The molecule has 4 atom stereocenters. The van der Waals surface area contributed by atoms with E-state index in [0.29, 0.717) is 22.0 Å². The zero-order valence-corrected chi connectivity index (χ0v) is 16.5. The summed E-state index contributed by atoms with van der Waals surface area (Å²) in [6.45, 7) is 1.83. The summed E-state index contributed by atoms with van der Waals surface area (Å²) >= 11 is 6.12. The maximum absolute atomic E-state index is 13.0. The highest BCUT2D eigenvalue weighted by atomic mass is 35.5. The van der Waals surface area contributed by atoms with E-state index in [2.05, 4.69) is 17.5 Å². The lowest BCUT2D eigenvalue weighted by Crippen LogP contribution is -2.33. The summed E-state index contributed by atoms with van der Waals surface area (Å²) in [6.07, 6.45) is 5.03. The van der Waals surface area contributed by atoms with Gasteiger partial charge in [-0.3, -0.25) is 14.4 Å². The molecule has 0 spiro atoms. The second kappa shape index (κ2) is 6.56. The first kappa shape index (κ1) is 18.1. The topological polar surface area (TPSA) is 66.5 Å². The Hall–Kier alpha value is -2.92. The van der Waals surface area contributed by atoms with Crippen molar-refractivity contribution in [2.45, 2.75) is 13.3 Å². The second-order valence-electron chi connectivity index (χ2n) is 7.93. The van der Waals surface area contributed by atoms with Gasteiger partial charge in [0.2, 0.25) is 11.8 Å². The fraction of sp³-hybridized carbons (Fsp3) is 0.261. The van der Waals surface area contributed by atoms with Gasteiger partial charge in [0.25, 0.3) is 5.91 Å². The van der Waals surface area contributed by atoms with Crippen molar-refractivity contribution >= 4 is 40.7 Å². The highest BCUT2D eigenvalue weighted by molar-refractivity contribution is 6.31. The molecule has 2 fully saturated rings. The summed E-state index contributed by atoms with van der Waals surface area (Å²) in [5.41, 5.74) is 2.22. The molecule has 1 saturated heterocycles. The van der Waals surface area contributed by atoms with Gasteiger partial charge in [0.05, 0.1) is 17.5 Å². The van der Waals surface area contributed by atoms with Crippen molar-refractivity contribution in [2.75, 3.05) is 10.2 Å². The van der Waals surface area contributed by atoms with Crippen LogP contribution in [0.5, 0.6) is 0 Å². The van der Waals surface area contributed by atoms with E-state index in [1.165, 1.54) is 4.90 Å². The minimum Gasteiger partial charge on any atom is -0.322 e. The van der Waals surface area contributed by atoms with E-state index < -0.39 is 0 Å². The van der Waals surface area contributed by atoms with Crippen molar-refractivity contribution in [2.24, 2.45) is 23.7 Å². The SMILES string of the molecule is Cc1c(Cl)cccc1NC(=O)c1cccc(N2C(=O)[C@@H]3[C@H](C2=O)[C@@H]2C=C[C@@H]3C2)c1. The summed E-state index contributed by atoms with van der Waals surface area (Å²) in [5.74, 6) is -0.834. The van der Waals surface area contributed by atoms with Gasteiger partial charge >= 0.3 is 0 Å². The Morgan fingerprint density at radius 3 is 2.38 bits per heavy atom. The highest BCUT2D eigenvalue weighted by Crippen LogP contribution is 2.53. The zero-order valence-electron chi connectivity index (χ0n) is 15.8. The average Bonchev–Trinajstić information content (AvgIpc) is 3.39. The fourth-order valence-corrected chi connectivity index (χ4v) is 5.05. The van der Waals surface area contributed by atoms with Gasteiger partial charge in [0.1, 0.15) is 0 Å². The molecule has 2 bridgehead atoms. The molecular weight excluding hydrogens is 388 g/mol. The largest absolute Gasteiger partial charge is 0.322 e. The van der Waals surface area contributed by atoms with Crippen LogP contribution in [0.3, 0.4) is 0 Å². The molecule has 1 saturated carbocycles. The van der Waals surface area contributed by atoms with Gasteiger partial charge in [-0.2, -0.15) is 0 Å². The van der Waals surface area contributed by atoms with E-state index in [1.54, 1.807) is 42.5 Å². The molecule has 0 radical (unpaired) electrons. The number of imide groups is 1. The number of hydrogen-bond donors (Lipinski definition) is 1. The van der Waals surface area contributed by atoms with E-state index in [9.17, 15) is 14.4 Å². The Bertz CT molecular complexity index is 1060. The molecule has 0 unspecified atom stereocenters. The lowest BCUT2D eigenvalue weighted by Gasteiger charge is -2.18. The first-order valence-corrected chi connectivity index (χ1v) is 10.1. The van der Waals surface area contributed by atoms with Crippen LogP contribution in [0.1, 0.15) is 22.3 Å². The third-order valence-electron chi connectivity index (χ3n) is 6.35. The number of nitrogens with zero attached hydrogens (tertiary/aromatic N) is 1. The summed E-state index contributed by atoms with van der Waals surface area (Å²) in [4.78, 5) is 40.0. The molecule has 2 aromatic carbocycles. The first-order valence-electron chi connectivity index (χ1n) is 9.68. The van der Waals surface area contributed by atoms with E-state index in [4.69, 9.17) is 11.6 Å². The second-order valence-corrected chi connectivity index (χ2v) is 8.34. The first-order chi connectivity index (χ1) is 14.0. The Morgan fingerprint density at radius 2 is 1.69 bits per heavy atom. The van der Waals surface area contributed by atoms with Gasteiger partial charge in [-0.15, -0.1) is 0 Å². The third kappa shape index (κ3) is 2.72. The number of amides is 3. The Kier molecular flexibility index (Phi) is 4.10. The van der Waals surface area contributed by atoms with Crippen molar-refractivity contribution in [3.05, 3.63) is 70.8 Å². The van der Waals surface area contributed by atoms with Crippen LogP contribution in [0.4, 0.5) is 11.4 Å². The van der Waals surface area contributed by atoms with Crippen molar-refractivity contribution in [1.29, 1.82) is 0 Å². The maximum Gasteiger partial charge on any atom is 0.255 e. The van der Waals surface area contributed by atoms with Gasteiger partial charge < -0.3 is 5.32 Å². The van der Waals surface area contributed by atoms with E-state index in [-0.39, 0.29) is 41.4 Å². The fourth-order valence-electron chi connectivity index (χ4n) is 4.88. The van der Waals surface area contributed by atoms with E-state index >= 15 is 0 Å². The summed E-state index contributed by atoms with van der Waals surface area (Å²) in [7, 11) is 0. The number of benzene rings is 2. The van der Waals surface area contributed by atoms with E-state index in [1.807, 2.05) is 6.92 Å². The molecule has 5 nitrogen and oxygen atoms in total. The van der Waals surface area contributed by atoms with Crippen molar-refractivity contribution in [1.82, 2.24) is 0 Å². The number of fused-ring (bicyclic) bond motifs is 5. The lowest BCUT2D eigenvalue weighted by molar-refractivity contribution is -0.123. The smallest absolute Gasteiger partial charge is 0.255 e. The van der Waals surface area contributed by atoms with Crippen molar-refractivity contribution < 1.29 is 14.4 Å². The molecule has 146 valence electrons. The van der Waals surface area contributed by atoms with Crippen LogP contribution in [0, 0.1) is 30.6 Å². The number of halogens is 1. The van der Waals surface area contributed by atoms with Crippen LogP contribution in [0.2, 0.25) is 5.02 Å². The van der Waals surface area contributed by atoms with Crippen molar-refractivity contribution in [3.63, 3.8) is 0 Å². The minimum atomic E-state index is -0.321. The van der Waals surface area contributed by atoms with Gasteiger partial charge in [-0.1, -0.05) is 35.9 Å².